The fourth-order valence-corrected chi connectivity index (χ4v) is 5.48. The Morgan fingerprint density at radius 3 is 2.70 bits per heavy atom. The molecular formula is C24H30N4OS. The van der Waals surface area contributed by atoms with Gasteiger partial charge in [0.2, 0.25) is 0 Å². The largest absolute Gasteiger partial charge is 0.365 e. The quantitative estimate of drug-likeness (QED) is 0.613. The van der Waals surface area contributed by atoms with E-state index >= 15 is 0 Å². The number of benzene rings is 1. The number of carbonyl (C=O) groups excluding carboxylic acids is 1. The number of aromatic nitrogens is 2. The minimum absolute atomic E-state index is 0.316. The Balaban J connectivity index is 1.60. The summed E-state index contributed by atoms with van der Waals surface area (Å²) in [6.07, 6.45) is 9.61. The molecule has 0 saturated carbocycles. The van der Waals surface area contributed by atoms with Crippen LogP contribution in [-0.2, 0) is 13.0 Å². The van der Waals surface area contributed by atoms with Crippen molar-refractivity contribution in [2.24, 2.45) is 5.73 Å². The maximum Gasteiger partial charge on any atom is 0.259 e. The van der Waals surface area contributed by atoms with E-state index in [9.17, 15) is 4.79 Å². The van der Waals surface area contributed by atoms with Crippen LogP contribution in [0.1, 0.15) is 72.1 Å². The van der Waals surface area contributed by atoms with Crippen LogP contribution in [0.4, 0.5) is 0 Å². The molecule has 1 aromatic carbocycles. The van der Waals surface area contributed by atoms with Crippen molar-refractivity contribution in [1.29, 1.82) is 0 Å². The number of fused-ring (bicyclic) bond motifs is 1. The Kier molecular flexibility index (Phi) is 6.44. The summed E-state index contributed by atoms with van der Waals surface area (Å²) in [5, 5.41) is 1.17. The average Bonchev–Trinajstić information content (AvgIpc) is 2.96. The summed E-state index contributed by atoms with van der Waals surface area (Å²) in [4.78, 5) is 24.5. The van der Waals surface area contributed by atoms with Gasteiger partial charge in [-0.25, -0.2) is 9.97 Å². The van der Waals surface area contributed by atoms with Crippen molar-refractivity contribution in [3.05, 3.63) is 58.5 Å². The van der Waals surface area contributed by atoms with Gasteiger partial charge in [0.25, 0.3) is 5.91 Å². The van der Waals surface area contributed by atoms with Gasteiger partial charge in [-0.2, -0.15) is 0 Å². The number of carbonyl (C=O) groups is 1. The lowest BCUT2D eigenvalue weighted by atomic mass is 9.97. The van der Waals surface area contributed by atoms with E-state index in [1.807, 2.05) is 24.5 Å². The SMILES string of the molecule is CC(C)c1ncc(CN2CCCCC[C@H]2Cc2c(C(N)=O)sc3ccccc23)cn1. The number of rotatable bonds is 6. The molecule has 4 rings (SSSR count). The van der Waals surface area contributed by atoms with Gasteiger partial charge in [-0.1, -0.05) is 44.9 Å². The number of thiophene rings is 1. The van der Waals surface area contributed by atoms with Crippen LogP contribution in [0, 0.1) is 0 Å². The monoisotopic (exact) mass is 422 g/mol. The van der Waals surface area contributed by atoms with E-state index in [0.29, 0.717) is 16.8 Å². The zero-order valence-corrected chi connectivity index (χ0v) is 18.6. The van der Waals surface area contributed by atoms with Gasteiger partial charge in [-0.3, -0.25) is 9.69 Å². The smallest absolute Gasteiger partial charge is 0.259 e. The molecule has 6 heteroatoms. The lowest BCUT2D eigenvalue weighted by Crippen LogP contribution is -2.36. The highest BCUT2D eigenvalue weighted by molar-refractivity contribution is 7.21. The second kappa shape index (κ2) is 9.23. The van der Waals surface area contributed by atoms with Gasteiger partial charge >= 0.3 is 0 Å². The van der Waals surface area contributed by atoms with Crippen LogP contribution in [0.25, 0.3) is 10.1 Å². The summed E-state index contributed by atoms with van der Waals surface area (Å²) in [5.41, 5.74) is 8.02. The van der Waals surface area contributed by atoms with Gasteiger partial charge in [0, 0.05) is 41.2 Å². The Hall–Kier alpha value is -2.31. The molecule has 1 fully saturated rings. The molecule has 3 heterocycles. The standard InChI is InChI=1S/C24H30N4OS/c1-16(2)24-26-13-17(14-27-24)15-28-11-7-3-4-8-18(28)12-20-19-9-5-6-10-21(19)30-22(20)23(25)29/h5-6,9-10,13-14,16,18H,3-4,7-8,11-12,15H2,1-2H3,(H2,25,29)/t18-/m0/s1. The summed E-state index contributed by atoms with van der Waals surface area (Å²) in [7, 11) is 0. The molecule has 0 radical (unpaired) electrons. The zero-order chi connectivity index (χ0) is 21.1. The van der Waals surface area contributed by atoms with Crippen LogP contribution in [0.15, 0.2) is 36.7 Å². The third-order valence-corrected chi connectivity index (χ3v) is 7.22. The average molecular weight is 423 g/mol. The molecule has 0 aliphatic carbocycles. The van der Waals surface area contributed by atoms with E-state index in [4.69, 9.17) is 5.73 Å². The number of amides is 1. The second-order valence-electron chi connectivity index (χ2n) is 8.55. The Morgan fingerprint density at radius 1 is 1.20 bits per heavy atom. The molecule has 1 aliphatic rings. The normalized spacial score (nSPS) is 18.0. The van der Waals surface area contributed by atoms with Crippen LogP contribution in [0.3, 0.4) is 0 Å². The van der Waals surface area contributed by atoms with Crippen molar-refractivity contribution in [2.75, 3.05) is 6.54 Å². The first-order valence-corrected chi connectivity index (χ1v) is 11.7. The van der Waals surface area contributed by atoms with E-state index in [2.05, 4.69) is 40.8 Å². The lowest BCUT2D eigenvalue weighted by molar-refractivity contribution is 0.100. The third kappa shape index (κ3) is 4.55. The fraction of sp³-hybridized carbons (Fsp3) is 0.458. The van der Waals surface area contributed by atoms with Crippen molar-refractivity contribution in [3.63, 3.8) is 0 Å². The first-order chi connectivity index (χ1) is 14.5. The molecule has 5 nitrogen and oxygen atoms in total. The Morgan fingerprint density at radius 2 is 1.97 bits per heavy atom. The molecule has 1 amide bonds. The fourth-order valence-electron chi connectivity index (χ4n) is 4.39. The highest BCUT2D eigenvalue weighted by atomic mass is 32.1. The number of nitrogens with two attached hydrogens (primary N) is 1. The molecule has 158 valence electrons. The number of likely N-dealkylation sites (tertiary alicyclic amines) is 1. The maximum atomic E-state index is 12.2. The van der Waals surface area contributed by atoms with E-state index in [1.165, 1.54) is 36.0 Å². The first-order valence-electron chi connectivity index (χ1n) is 10.9. The van der Waals surface area contributed by atoms with E-state index in [0.717, 1.165) is 47.6 Å². The summed E-state index contributed by atoms with van der Waals surface area (Å²) in [6.45, 7) is 6.13. The van der Waals surface area contributed by atoms with Crippen LogP contribution in [0.5, 0.6) is 0 Å². The van der Waals surface area contributed by atoms with Gasteiger partial charge < -0.3 is 5.73 Å². The van der Waals surface area contributed by atoms with Crippen molar-refractivity contribution in [2.45, 2.75) is 64.5 Å². The highest BCUT2D eigenvalue weighted by Gasteiger charge is 2.25. The lowest BCUT2D eigenvalue weighted by Gasteiger charge is -2.30. The van der Waals surface area contributed by atoms with Crippen LogP contribution in [0.2, 0.25) is 0 Å². The Bertz CT molecular complexity index is 1010. The van der Waals surface area contributed by atoms with Crippen molar-refractivity contribution in [3.8, 4) is 0 Å². The molecule has 2 N–H and O–H groups in total. The van der Waals surface area contributed by atoms with Gasteiger partial charge in [0.05, 0.1) is 4.88 Å². The van der Waals surface area contributed by atoms with Crippen LogP contribution >= 0.6 is 11.3 Å². The minimum atomic E-state index is -0.316. The summed E-state index contributed by atoms with van der Waals surface area (Å²) >= 11 is 1.52. The molecular weight excluding hydrogens is 392 g/mol. The van der Waals surface area contributed by atoms with Crippen LogP contribution < -0.4 is 5.73 Å². The maximum absolute atomic E-state index is 12.2. The molecule has 1 atom stereocenters. The number of nitrogens with zero attached hydrogens (tertiary/aromatic N) is 3. The van der Waals surface area contributed by atoms with E-state index < -0.39 is 0 Å². The van der Waals surface area contributed by atoms with Gasteiger partial charge in [0.15, 0.2) is 0 Å². The minimum Gasteiger partial charge on any atom is -0.365 e. The van der Waals surface area contributed by atoms with Crippen molar-refractivity contribution >= 4 is 27.3 Å². The van der Waals surface area contributed by atoms with Gasteiger partial charge in [-0.15, -0.1) is 11.3 Å². The van der Waals surface area contributed by atoms with Crippen molar-refractivity contribution in [1.82, 2.24) is 14.9 Å². The zero-order valence-electron chi connectivity index (χ0n) is 17.8. The van der Waals surface area contributed by atoms with Gasteiger partial charge in [0.1, 0.15) is 5.82 Å². The summed E-state index contributed by atoms with van der Waals surface area (Å²) in [5.74, 6) is 0.912. The Labute approximate surface area is 182 Å². The molecule has 0 unspecified atom stereocenters. The molecule has 3 aromatic rings. The first kappa shape index (κ1) is 20.9. The number of hydrogen-bond acceptors (Lipinski definition) is 5. The number of primary amides is 1. The molecule has 30 heavy (non-hydrogen) atoms. The molecule has 2 aromatic heterocycles. The van der Waals surface area contributed by atoms with E-state index in [1.54, 1.807) is 0 Å². The number of hydrogen-bond donors (Lipinski definition) is 1. The molecule has 1 aliphatic heterocycles. The molecule has 0 spiro atoms. The highest BCUT2D eigenvalue weighted by Crippen LogP contribution is 2.34. The van der Waals surface area contributed by atoms with Gasteiger partial charge in [-0.05, 0) is 42.8 Å². The third-order valence-electron chi connectivity index (χ3n) is 5.99. The second-order valence-corrected chi connectivity index (χ2v) is 9.60. The predicted octanol–water partition coefficient (Wildman–Crippen LogP) is 4.90. The topological polar surface area (TPSA) is 72.1 Å². The van der Waals surface area contributed by atoms with Crippen molar-refractivity contribution < 1.29 is 4.79 Å². The molecule has 1 saturated heterocycles. The van der Waals surface area contributed by atoms with E-state index in [-0.39, 0.29) is 5.91 Å². The summed E-state index contributed by atoms with van der Waals surface area (Å²) in [6, 6.07) is 8.64. The summed E-state index contributed by atoms with van der Waals surface area (Å²) < 4.78 is 1.14. The predicted molar refractivity (Wildman–Crippen MR) is 123 cm³/mol. The molecule has 0 bridgehead atoms. The van der Waals surface area contributed by atoms with Crippen LogP contribution in [-0.4, -0.2) is 33.4 Å².